The molecule has 0 aliphatic rings. The van der Waals surface area contributed by atoms with Gasteiger partial charge in [-0.15, -0.1) is 0 Å². The minimum Gasteiger partial charge on any atom is -0.495 e. The predicted molar refractivity (Wildman–Crippen MR) is 60.0 cm³/mol. The predicted octanol–water partition coefficient (Wildman–Crippen LogP) is 2.57. The summed E-state index contributed by atoms with van der Waals surface area (Å²) in [6.45, 7) is 0. The number of esters is 1. The highest BCUT2D eigenvalue weighted by atomic mass is 35.5. The lowest BCUT2D eigenvalue weighted by molar-refractivity contribution is -0.151. The number of hydrogen-bond acceptors (Lipinski definition) is 4. The molecule has 106 valence electrons. The molecule has 1 atom stereocenters. The summed E-state index contributed by atoms with van der Waals surface area (Å²) >= 11 is 5.64. The Morgan fingerprint density at radius 1 is 1.37 bits per heavy atom. The lowest BCUT2D eigenvalue weighted by Gasteiger charge is -2.17. The molecule has 4 nitrogen and oxygen atoms in total. The number of methoxy groups -OCH3 is 2. The summed E-state index contributed by atoms with van der Waals surface area (Å²) < 4.78 is 47.0. The van der Waals surface area contributed by atoms with Gasteiger partial charge in [0.1, 0.15) is 5.75 Å². The number of hydrogen-bond donors (Lipinski definition) is 1. The van der Waals surface area contributed by atoms with E-state index in [1.165, 1.54) is 0 Å². The van der Waals surface area contributed by atoms with Gasteiger partial charge in [-0.1, -0.05) is 11.6 Å². The second kappa shape index (κ2) is 5.66. The van der Waals surface area contributed by atoms with E-state index in [0.717, 1.165) is 14.2 Å². The number of alkyl halides is 3. The lowest BCUT2D eigenvalue weighted by atomic mass is 10.0. The molecule has 8 heteroatoms. The largest absolute Gasteiger partial charge is 0.495 e. The quantitative estimate of drug-likeness (QED) is 0.872. The third-order valence-electron chi connectivity index (χ3n) is 2.32. The molecule has 1 N–H and O–H groups in total. The fourth-order valence-corrected chi connectivity index (χ4v) is 1.74. The van der Waals surface area contributed by atoms with Crippen molar-refractivity contribution in [3.8, 4) is 5.75 Å². The van der Waals surface area contributed by atoms with Crippen molar-refractivity contribution >= 4 is 17.6 Å². The van der Waals surface area contributed by atoms with Crippen LogP contribution in [0.4, 0.5) is 13.2 Å². The van der Waals surface area contributed by atoms with E-state index in [9.17, 15) is 23.1 Å². The van der Waals surface area contributed by atoms with Gasteiger partial charge in [0.15, 0.2) is 6.10 Å². The summed E-state index contributed by atoms with van der Waals surface area (Å²) in [5.41, 5.74) is -1.51. The van der Waals surface area contributed by atoms with Gasteiger partial charge in [-0.3, -0.25) is 0 Å². The van der Waals surface area contributed by atoms with E-state index >= 15 is 0 Å². The van der Waals surface area contributed by atoms with Gasteiger partial charge in [0.2, 0.25) is 0 Å². The Labute approximate surface area is 111 Å². The molecule has 1 aromatic rings. The molecule has 0 saturated heterocycles. The summed E-state index contributed by atoms with van der Waals surface area (Å²) in [6, 6.07) is 1.24. The molecular weight excluding hydrogens is 289 g/mol. The molecule has 1 unspecified atom stereocenters. The van der Waals surface area contributed by atoms with Crippen molar-refractivity contribution in [2.24, 2.45) is 0 Å². The van der Waals surface area contributed by atoms with E-state index in [1.54, 1.807) is 0 Å². The van der Waals surface area contributed by atoms with E-state index in [2.05, 4.69) is 4.74 Å². The van der Waals surface area contributed by atoms with Crippen LogP contribution < -0.4 is 4.74 Å². The number of rotatable bonds is 3. The van der Waals surface area contributed by atoms with Crippen molar-refractivity contribution in [3.05, 3.63) is 28.3 Å². The van der Waals surface area contributed by atoms with Crippen LogP contribution in [0.3, 0.4) is 0 Å². The van der Waals surface area contributed by atoms with Crippen LogP contribution in [-0.4, -0.2) is 25.3 Å². The van der Waals surface area contributed by atoms with E-state index in [4.69, 9.17) is 16.3 Å². The van der Waals surface area contributed by atoms with Crippen LogP contribution in [0.2, 0.25) is 5.02 Å². The van der Waals surface area contributed by atoms with Crippen molar-refractivity contribution in [3.63, 3.8) is 0 Å². The molecule has 0 aliphatic carbocycles. The number of ether oxygens (including phenoxy) is 2. The van der Waals surface area contributed by atoms with Crippen molar-refractivity contribution < 1.29 is 32.5 Å². The van der Waals surface area contributed by atoms with Crippen molar-refractivity contribution in [1.82, 2.24) is 0 Å². The second-order valence-electron chi connectivity index (χ2n) is 3.50. The molecule has 1 rings (SSSR count). The molecule has 0 heterocycles. The first-order valence-electron chi connectivity index (χ1n) is 4.93. The molecule has 0 aromatic heterocycles. The van der Waals surface area contributed by atoms with E-state index in [1.807, 2.05) is 0 Å². The average molecular weight is 299 g/mol. The third-order valence-corrected chi connectivity index (χ3v) is 2.60. The number of carbonyl (C=O) groups excluding carboxylic acids is 1. The Balaban J connectivity index is 3.43. The summed E-state index contributed by atoms with van der Waals surface area (Å²) in [7, 11) is 2.15. The first-order valence-corrected chi connectivity index (χ1v) is 5.30. The van der Waals surface area contributed by atoms with Gasteiger partial charge in [-0.05, 0) is 12.1 Å². The molecule has 0 radical (unpaired) electrons. The monoisotopic (exact) mass is 298 g/mol. The zero-order valence-electron chi connectivity index (χ0n) is 9.92. The molecule has 1 aromatic carbocycles. The maximum absolute atomic E-state index is 12.6. The van der Waals surface area contributed by atoms with Gasteiger partial charge in [0.05, 0.1) is 24.8 Å². The summed E-state index contributed by atoms with van der Waals surface area (Å²) in [5.74, 6) is -1.33. The van der Waals surface area contributed by atoms with E-state index < -0.39 is 29.4 Å². The highest BCUT2D eigenvalue weighted by Gasteiger charge is 2.34. The Kier molecular flexibility index (Phi) is 4.65. The Bertz CT molecular complexity index is 488. The zero-order chi connectivity index (χ0) is 14.8. The SMILES string of the molecule is COC(=O)C(O)c1cc(C(F)(F)F)cc(Cl)c1OC. The van der Waals surface area contributed by atoms with Gasteiger partial charge >= 0.3 is 12.1 Å². The van der Waals surface area contributed by atoms with Crippen LogP contribution in [-0.2, 0) is 15.7 Å². The molecule has 0 amide bonds. The molecule has 0 spiro atoms. The first kappa shape index (κ1) is 15.6. The summed E-state index contributed by atoms with van der Waals surface area (Å²) in [4.78, 5) is 11.2. The number of benzene rings is 1. The van der Waals surface area contributed by atoms with Crippen LogP contribution in [0, 0.1) is 0 Å². The molecule has 0 saturated carbocycles. The smallest absolute Gasteiger partial charge is 0.416 e. The van der Waals surface area contributed by atoms with Crippen molar-refractivity contribution in [2.45, 2.75) is 12.3 Å². The number of aliphatic hydroxyl groups is 1. The van der Waals surface area contributed by atoms with Crippen LogP contribution in [0.1, 0.15) is 17.2 Å². The zero-order valence-corrected chi connectivity index (χ0v) is 10.7. The Morgan fingerprint density at radius 3 is 2.37 bits per heavy atom. The maximum atomic E-state index is 12.6. The molecule has 0 bridgehead atoms. The van der Waals surface area contributed by atoms with Crippen LogP contribution in [0.5, 0.6) is 5.75 Å². The first-order chi connectivity index (χ1) is 8.72. The number of halogens is 4. The molecular formula is C11H10ClF3O4. The van der Waals surface area contributed by atoms with Crippen molar-refractivity contribution in [2.75, 3.05) is 14.2 Å². The fourth-order valence-electron chi connectivity index (χ4n) is 1.44. The van der Waals surface area contributed by atoms with Gasteiger partial charge in [0.25, 0.3) is 0 Å². The minimum absolute atomic E-state index is 0.215. The fraction of sp³-hybridized carbons (Fsp3) is 0.364. The maximum Gasteiger partial charge on any atom is 0.416 e. The van der Waals surface area contributed by atoms with Gasteiger partial charge in [-0.2, -0.15) is 13.2 Å². The highest BCUT2D eigenvalue weighted by molar-refractivity contribution is 6.32. The number of aliphatic hydroxyl groups excluding tert-OH is 1. The van der Waals surface area contributed by atoms with Crippen LogP contribution >= 0.6 is 11.6 Å². The van der Waals surface area contributed by atoms with Crippen molar-refractivity contribution in [1.29, 1.82) is 0 Å². The molecule has 19 heavy (non-hydrogen) atoms. The second-order valence-corrected chi connectivity index (χ2v) is 3.91. The molecule has 0 aliphatic heterocycles. The van der Waals surface area contributed by atoms with Gasteiger partial charge in [0, 0.05) is 5.56 Å². The van der Waals surface area contributed by atoms with Gasteiger partial charge < -0.3 is 14.6 Å². The number of carbonyl (C=O) groups is 1. The van der Waals surface area contributed by atoms with Crippen LogP contribution in [0.25, 0.3) is 0 Å². The lowest BCUT2D eigenvalue weighted by Crippen LogP contribution is -2.16. The Morgan fingerprint density at radius 2 is 1.95 bits per heavy atom. The highest BCUT2D eigenvalue weighted by Crippen LogP contribution is 2.39. The normalized spacial score (nSPS) is 13.0. The topological polar surface area (TPSA) is 55.8 Å². The summed E-state index contributed by atoms with van der Waals surface area (Å²) in [6.07, 6.45) is -6.58. The molecule has 0 fully saturated rings. The average Bonchev–Trinajstić information content (AvgIpc) is 2.34. The van der Waals surface area contributed by atoms with Crippen LogP contribution in [0.15, 0.2) is 12.1 Å². The third kappa shape index (κ3) is 3.30. The Hall–Kier alpha value is -1.47. The van der Waals surface area contributed by atoms with E-state index in [-0.39, 0.29) is 10.8 Å². The minimum atomic E-state index is -4.67. The van der Waals surface area contributed by atoms with E-state index in [0.29, 0.717) is 12.1 Å². The summed E-state index contributed by atoms with van der Waals surface area (Å²) in [5, 5.41) is 9.27. The standard InChI is InChI=1S/C11H10ClF3O4/c1-18-9-6(8(16)10(17)19-2)3-5(4-7(9)12)11(13,14)15/h3-4,8,16H,1-2H3. The van der Waals surface area contributed by atoms with Gasteiger partial charge in [-0.25, -0.2) is 4.79 Å².